The quantitative estimate of drug-likeness (QED) is 0.274. The second-order valence-corrected chi connectivity index (χ2v) is 7.22. The summed E-state index contributed by atoms with van der Waals surface area (Å²) in [6.45, 7) is 2.85. The van der Waals surface area contributed by atoms with E-state index >= 15 is 0 Å². The Hall–Kier alpha value is -4.42. The van der Waals surface area contributed by atoms with Crippen LogP contribution in [-0.4, -0.2) is 28.6 Å². The number of aryl methyl sites for hydroxylation is 2. The van der Waals surface area contributed by atoms with Gasteiger partial charge in [0.15, 0.2) is 6.61 Å². The number of ether oxygens (including phenoxy) is 2. The Labute approximate surface area is 195 Å². The van der Waals surface area contributed by atoms with Crippen LogP contribution in [0.2, 0.25) is 0 Å². The highest BCUT2D eigenvalue weighted by Crippen LogP contribution is 2.37. The van der Waals surface area contributed by atoms with Crippen molar-refractivity contribution in [3.05, 3.63) is 80.7 Å². The summed E-state index contributed by atoms with van der Waals surface area (Å²) in [6, 6.07) is 7.65. The van der Waals surface area contributed by atoms with Crippen LogP contribution >= 0.6 is 0 Å². The maximum absolute atomic E-state index is 13.2. The Morgan fingerprint density at radius 2 is 1.83 bits per heavy atom. The van der Waals surface area contributed by atoms with Crippen LogP contribution in [0.1, 0.15) is 32.9 Å². The second-order valence-electron chi connectivity index (χ2n) is 7.22. The number of hydrogen-bond acceptors (Lipinski definition) is 8. The van der Waals surface area contributed by atoms with Crippen molar-refractivity contribution in [2.24, 2.45) is 0 Å². The van der Waals surface area contributed by atoms with Gasteiger partial charge in [0.1, 0.15) is 18.1 Å². The van der Waals surface area contributed by atoms with Crippen LogP contribution in [0.3, 0.4) is 0 Å². The van der Waals surface area contributed by atoms with E-state index in [1.54, 1.807) is 13.8 Å². The summed E-state index contributed by atoms with van der Waals surface area (Å²) in [5.41, 5.74) is -1.34. The van der Waals surface area contributed by atoms with Gasteiger partial charge in [-0.2, -0.15) is 13.2 Å². The molecule has 1 aromatic heterocycles. The minimum absolute atomic E-state index is 0.0776. The predicted molar refractivity (Wildman–Crippen MR) is 114 cm³/mol. The number of alkyl halides is 3. The van der Waals surface area contributed by atoms with Gasteiger partial charge in [-0.3, -0.25) is 14.9 Å². The van der Waals surface area contributed by atoms with Gasteiger partial charge in [0.2, 0.25) is 0 Å². The molecule has 0 radical (unpaired) electrons. The molecule has 2 aromatic carbocycles. The molecule has 0 aliphatic carbocycles. The van der Waals surface area contributed by atoms with Gasteiger partial charge in [0.05, 0.1) is 33.0 Å². The second kappa shape index (κ2) is 10.2. The molecule has 0 saturated heterocycles. The fourth-order valence-electron chi connectivity index (χ4n) is 2.94. The molecule has 1 N–H and O–H groups in total. The maximum atomic E-state index is 13.2. The van der Waals surface area contributed by atoms with Gasteiger partial charge in [0.25, 0.3) is 11.6 Å². The maximum Gasteiger partial charge on any atom is 0.418 e. The number of nitro benzene ring substituents is 1. The number of esters is 1. The molecule has 0 fully saturated rings. The zero-order valence-electron chi connectivity index (χ0n) is 18.3. The molecule has 0 aliphatic rings. The highest BCUT2D eigenvalue weighted by molar-refractivity contribution is 5.96. The Balaban J connectivity index is 1.57. The van der Waals surface area contributed by atoms with E-state index in [-0.39, 0.29) is 12.2 Å². The number of nitrogens with one attached hydrogen (secondary N) is 1. The summed E-state index contributed by atoms with van der Waals surface area (Å²) < 4.78 is 55.1. The topological polar surface area (TPSA) is 134 Å². The number of amides is 1. The highest BCUT2D eigenvalue weighted by Gasteiger charge is 2.35. The summed E-state index contributed by atoms with van der Waals surface area (Å²) in [6.07, 6.45) is -4.96. The molecule has 35 heavy (non-hydrogen) atoms. The first-order chi connectivity index (χ1) is 16.5. The third-order valence-corrected chi connectivity index (χ3v) is 4.78. The van der Waals surface area contributed by atoms with Crippen molar-refractivity contribution in [1.29, 1.82) is 0 Å². The van der Waals surface area contributed by atoms with Crippen molar-refractivity contribution in [2.45, 2.75) is 26.6 Å². The van der Waals surface area contributed by atoms with Crippen molar-refractivity contribution in [3.8, 4) is 5.75 Å². The number of benzene rings is 2. The van der Waals surface area contributed by atoms with Gasteiger partial charge < -0.3 is 19.3 Å². The third kappa shape index (κ3) is 6.34. The predicted octanol–water partition coefficient (Wildman–Crippen LogP) is 4.59. The number of aromatic nitrogens is 1. The van der Waals surface area contributed by atoms with Gasteiger partial charge >= 0.3 is 12.1 Å². The normalized spacial score (nSPS) is 11.1. The van der Waals surface area contributed by atoms with E-state index in [0.29, 0.717) is 23.3 Å². The van der Waals surface area contributed by atoms with Gasteiger partial charge in [-0.1, -0.05) is 5.16 Å². The summed E-state index contributed by atoms with van der Waals surface area (Å²) >= 11 is 0. The van der Waals surface area contributed by atoms with Crippen molar-refractivity contribution >= 4 is 23.3 Å². The van der Waals surface area contributed by atoms with E-state index in [4.69, 9.17) is 14.0 Å². The van der Waals surface area contributed by atoms with E-state index in [1.165, 1.54) is 24.3 Å². The van der Waals surface area contributed by atoms with E-state index in [0.717, 1.165) is 17.7 Å². The molecule has 0 saturated carbocycles. The number of hydrogen-bond donors (Lipinski definition) is 1. The van der Waals surface area contributed by atoms with Gasteiger partial charge in [-0.15, -0.1) is 0 Å². The zero-order valence-corrected chi connectivity index (χ0v) is 18.3. The van der Waals surface area contributed by atoms with Crippen LogP contribution < -0.4 is 10.1 Å². The molecule has 3 aromatic rings. The molecule has 3 rings (SSSR count). The zero-order chi connectivity index (χ0) is 25.8. The summed E-state index contributed by atoms with van der Waals surface area (Å²) in [7, 11) is 0. The standard InChI is InChI=1S/C22H18F3N3O7/c1-12-17(13(2)35-27-12)10-33-16-6-3-14(4-7-16)21(30)34-11-20(29)26-19-8-5-15(28(31)32)9-18(19)22(23,24)25/h3-9H,10-11H2,1-2H3,(H,26,29). The molecule has 10 nitrogen and oxygen atoms in total. The average Bonchev–Trinajstić information content (AvgIpc) is 3.12. The first-order valence-corrected chi connectivity index (χ1v) is 9.93. The van der Waals surface area contributed by atoms with Crippen molar-refractivity contribution < 1.29 is 41.7 Å². The summed E-state index contributed by atoms with van der Waals surface area (Å²) in [5.74, 6) is -0.886. The summed E-state index contributed by atoms with van der Waals surface area (Å²) in [4.78, 5) is 34.0. The minimum atomic E-state index is -4.96. The lowest BCUT2D eigenvalue weighted by Gasteiger charge is -2.13. The molecule has 1 amide bonds. The van der Waals surface area contributed by atoms with Crippen LogP contribution in [0.4, 0.5) is 24.5 Å². The molecule has 0 bridgehead atoms. The Morgan fingerprint density at radius 3 is 2.40 bits per heavy atom. The van der Waals surface area contributed by atoms with E-state index in [9.17, 15) is 32.9 Å². The fraction of sp³-hybridized carbons (Fsp3) is 0.227. The Bertz CT molecular complexity index is 1230. The Morgan fingerprint density at radius 1 is 1.14 bits per heavy atom. The number of anilines is 1. The van der Waals surface area contributed by atoms with Crippen molar-refractivity contribution in [3.63, 3.8) is 0 Å². The fourth-order valence-corrected chi connectivity index (χ4v) is 2.94. The van der Waals surface area contributed by atoms with Crippen molar-refractivity contribution in [2.75, 3.05) is 11.9 Å². The van der Waals surface area contributed by atoms with E-state index in [1.807, 2.05) is 5.32 Å². The van der Waals surface area contributed by atoms with E-state index in [2.05, 4.69) is 5.16 Å². The van der Waals surface area contributed by atoms with Gasteiger partial charge in [-0.05, 0) is 44.2 Å². The van der Waals surface area contributed by atoms with Crippen LogP contribution in [0.5, 0.6) is 5.75 Å². The van der Waals surface area contributed by atoms with Crippen LogP contribution in [0.25, 0.3) is 0 Å². The molecular formula is C22H18F3N3O7. The molecule has 1 heterocycles. The first-order valence-electron chi connectivity index (χ1n) is 9.93. The largest absolute Gasteiger partial charge is 0.489 e. The smallest absolute Gasteiger partial charge is 0.418 e. The number of nitro groups is 1. The molecular weight excluding hydrogens is 475 g/mol. The molecule has 0 atom stereocenters. The molecule has 184 valence electrons. The van der Waals surface area contributed by atoms with Gasteiger partial charge in [-0.25, -0.2) is 4.79 Å². The average molecular weight is 493 g/mol. The van der Waals surface area contributed by atoms with Crippen molar-refractivity contribution in [1.82, 2.24) is 5.16 Å². The number of non-ortho nitro benzene ring substituents is 1. The number of nitrogens with zero attached hydrogens (tertiary/aromatic N) is 2. The number of halogens is 3. The minimum Gasteiger partial charge on any atom is -0.489 e. The highest BCUT2D eigenvalue weighted by atomic mass is 19.4. The lowest BCUT2D eigenvalue weighted by Crippen LogP contribution is -2.22. The molecule has 0 aliphatic heterocycles. The number of carbonyl (C=O) groups excluding carboxylic acids is 2. The number of carbonyl (C=O) groups is 2. The lowest BCUT2D eigenvalue weighted by atomic mass is 10.1. The van der Waals surface area contributed by atoms with Crippen LogP contribution in [0.15, 0.2) is 47.0 Å². The molecule has 13 heteroatoms. The number of rotatable bonds is 8. The van der Waals surface area contributed by atoms with Crippen LogP contribution in [-0.2, 0) is 22.3 Å². The molecule has 0 unspecified atom stereocenters. The van der Waals surface area contributed by atoms with Gasteiger partial charge in [0, 0.05) is 12.1 Å². The monoisotopic (exact) mass is 493 g/mol. The molecule has 0 spiro atoms. The SMILES string of the molecule is Cc1noc(C)c1COc1ccc(C(=O)OCC(=O)Nc2ccc([N+](=O)[O-])cc2C(F)(F)F)cc1. The summed E-state index contributed by atoms with van der Waals surface area (Å²) in [5, 5.41) is 16.5. The Kier molecular flexibility index (Phi) is 7.37. The third-order valence-electron chi connectivity index (χ3n) is 4.78. The lowest BCUT2D eigenvalue weighted by molar-refractivity contribution is -0.385. The first kappa shape index (κ1) is 25.2. The van der Waals surface area contributed by atoms with Crippen LogP contribution in [0, 0.1) is 24.0 Å². The van der Waals surface area contributed by atoms with E-state index < -0.39 is 46.5 Å².